The molecule has 1 aliphatic heterocycles. The second kappa shape index (κ2) is 3.34. The van der Waals surface area contributed by atoms with E-state index < -0.39 is 0 Å². The lowest BCUT2D eigenvalue weighted by Crippen LogP contribution is -2.36. The Morgan fingerprint density at radius 3 is 2.30 bits per heavy atom. The number of amides is 1. The zero-order valence-corrected chi connectivity index (χ0v) is 5.88. The highest BCUT2D eigenvalue weighted by Crippen LogP contribution is 2.07. The molecule has 1 amide bonds. The maximum absolute atomic E-state index is 10.7. The van der Waals surface area contributed by atoms with E-state index in [0.717, 1.165) is 25.9 Å². The highest BCUT2D eigenvalue weighted by Gasteiger charge is 2.14. The number of nitrogens with zero attached hydrogens (tertiary/aromatic N) is 1. The first-order chi connectivity index (χ1) is 4.84. The van der Waals surface area contributed by atoms with Gasteiger partial charge in [0.15, 0.2) is 0 Å². The van der Waals surface area contributed by atoms with Crippen molar-refractivity contribution in [1.29, 1.82) is 0 Å². The summed E-state index contributed by atoms with van der Waals surface area (Å²) < 4.78 is 0. The van der Waals surface area contributed by atoms with E-state index in [4.69, 9.17) is 0 Å². The van der Waals surface area contributed by atoms with Gasteiger partial charge in [0.05, 0.1) is 0 Å². The molecule has 0 aromatic carbocycles. The number of carbonyl (C=O) groups excluding carboxylic acids is 2. The average Bonchev–Trinajstić information content (AvgIpc) is 2.05. The third kappa shape index (κ3) is 1.56. The van der Waals surface area contributed by atoms with Crippen LogP contribution in [0.2, 0.25) is 0 Å². The van der Waals surface area contributed by atoms with Crippen LogP contribution in [0.4, 0.5) is 0 Å². The fourth-order valence-corrected chi connectivity index (χ4v) is 1.19. The monoisotopic (exact) mass is 141 g/mol. The van der Waals surface area contributed by atoms with E-state index in [9.17, 15) is 9.59 Å². The molecule has 1 heterocycles. The molecule has 0 bridgehead atoms. The van der Waals surface area contributed by atoms with Crippen LogP contribution in [-0.4, -0.2) is 30.2 Å². The third-order valence-corrected chi connectivity index (χ3v) is 1.77. The van der Waals surface area contributed by atoms with E-state index in [0.29, 0.717) is 6.29 Å². The third-order valence-electron chi connectivity index (χ3n) is 1.77. The van der Waals surface area contributed by atoms with E-state index in [1.165, 1.54) is 6.42 Å². The van der Waals surface area contributed by atoms with Crippen molar-refractivity contribution in [3.8, 4) is 0 Å². The second-order valence-electron chi connectivity index (χ2n) is 2.50. The summed E-state index contributed by atoms with van der Waals surface area (Å²) in [7, 11) is 0. The first kappa shape index (κ1) is 7.25. The minimum absolute atomic E-state index is 0.361. The van der Waals surface area contributed by atoms with Crippen molar-refractivity contribution in [2.45, 2.75) is 19.3 Å². The first-order valence-corrected chi connectivity index (χ1v) is 3.58. The molecule has 0 atom stereocenters. The van der Waals surface area contributed by atoms with Gasteiger partial charge < -0.3 is 4.90 Å². The summed E-state index contributed by atoms with van der Waals surface area (Å²) in [5.41, 5.74) is 0. The fraction of sp³-hybridized carbons (Fsp3) is 0.714. The predicted molar refractivity (Wildman–Crippen MR) is 36.5 cm³/mol. The molecule has 0 N–H and O–H groups in total. The Morgan fingerprint density at radius 1 is 1.20 bits per heavy atom. The first-order valence-electron chi connectivity index (χ1n) is 3.58. The molecular weight excluding hydrogens is 130 g/mol. The Bertz CT molecular complexity index is 139. The number of hydrogen-bond donors (Lipinski definition) is 0. The van der Waals surface area contributed by atoms with Crippen LogP contribution in [0.1, 0.15) is 19.3 Å². The number of piperidine rings is 1. The SMILES string of the molecule is O=CC(=O)N1CCCCC1. The number of hydrogen-bond acceptors (Lipinski definition) is 2. The van der Waals surface area contributed by atoms with Crippen molar-refractivity contribution < 1.29 is 9.59 Å². The lowest BCUT2D eigenvalue weighted by atomic mass is 10.1. The number of rotatable bonds is 1. The molecule has 3 nitrogen and oxygen atoms in total. The van der Waals surface area contributed by atoms with Gasteiger partial charge in [-0.3, -0.25) is 9.59 Å². The summed E-state index contributed by atoms with van der Waals surface area (Å²) in [4.78, 5) is 22.3. The van der Waals surface area contributed by atoms with Crippen molar-refractivity contribution in [3.05, 3.63) is 0 Å². The van der Waals surface area contributed by atoms with Gasteiger partial charge in [-0.05, 0) is 19.3 Å². The summed E-state index contributed by atoms with van der Waals surface area (Å²) in [6, 6.07) is 0. The van der Waals surface area contributed by atoms with Gasteiger partial charge in [-0.1, -0.05) is 0 Å². The van der Waals surface area contributed by atoms with Gasteiger partial charge in [0.1, 0.15) is 0 Å². The largest absolute Gasteiger partial charge is 0.336 e. The van der Waals surface area contributed by atoms with E-state index in [2.05, 4.69) is 0 Å². The van der Waals surface area contributed by atoms with Gasteiger partial charge in [0.25, 0.3) is 5.91 Å². The number of aldehydes is 1. The number of likely N-dealkylation sites (tertiary alicyclic amines) is 1. The van der Waals surface area contributed by atoms with Crippen LogP contribution >= 0.6 is 0 Å². The van der Waals surface area contributed by atoms with Crippen LogP contribution in [-0.2, 0) is 9.59 Å². The highest BCUT2D eigenvalue weighted by molar-refractivity contribution is 6.23. The van der Waals surface area contributed by atoms with Gasteiger partial charge in [-0.2, -0.15) is 0 Å². The van der Waals surface area contributed by atoms with Crippen molar-refractivity contribution in [1.82, 2.24) is 4.90 Å². The minimum atomic E-state index is -0.361. The van der Waals surface area contributed by atoms with Crippen LogP contribution < -0.4 is 0 Å². The van der Waals surface area contributed by atoms with E-state index >= 15 is 0 Å². The zero-order chi connectivity index (χ0) is 7.40. The molecule has 1 aliphatic rings. The Morgan fingerprint density at radius 2 is 1.80 bits per heavy atom. The molecule has 0 aliphatic carbocycles. The molecular formula is C7H11NO2. The summed E-state index contributed by atoms with van der Waals surface area (Å²) in [5, 5.41) is 0. The zero-order valence-electron chi connectivity index (χ0n) is 5.88. The second-order valence-corrected chi connectivity index (χ2v) is 2.50. The quantitative estimate of drug-likeness (QED) is 0.386. The van der Waals surface area contributed by atoms with Crippen LogP contribution in [0, 0.1) is 0 Å². The van der Waals surface area contributed by atoms with Gasteiger partial charge in [0.2, 0.25) is 6.29 Å². The lowest BCUT2D eigenvalue weighted by Gasteiger charge is -2.24. The van der Waals surface area contributed by atoms with Gasteiger partial charge in [0, 0.05) is 13.1 Å². The Kier molecular flexibility index (Phi) is 2.42. The Labute approximate surface area is 60.0 Å². The maximum atomic E-state index is 10.7. The summed E-state index contributed by atoms with van der Waals surface area (Å²) in [6.45, 7) is 1.52. The molecule has 1 fully saturated rings. The van der Waals surface area contributed by atoms with Crippen molar-refractivity contribution >= 4 is 12.2 Å². The molecule has 1 rings (SSSR count). The highest BCUT2D eigenvalue weighted by atomic mass is 16.2. The summed E-state index contributed by atoms with van der Waals surface area (Å²) >= 11 is 0. The van der Waals surface area contributed by atoms with Crippen LogP contribution in [0.15, 0.2) is 0 Å². The van der Waals surface area contributed by atoms with E-state index in [1.807, 2.05) is 0 Å². The van der Waals surface area contributed by atoms with Gasteiger partial charge in [-0.15, -0.1) is 0 Å². The van der Waals surface area contributed by atoms with Gasteiger partial charge in [-0.25, -0.2) is 0 Å². The average molecular weight is 141 g/mol. The minimum Gasteiger partial charge on any atom is -0.336 e. The topological polar surface area (TPSA) is 37.4 Å². The number of carbonyl (C=O) groups is 2. The molecule has 0 unspecified atom stereocenters. The fourth-order valence-electron chi connectivity index (χ4n) is 1.19. The predicted octanol–water partition coefficient (Wildman–Crippen LogP) is 0.198. The molecule has 0 saturated carbocycles. The summed E-state index contributed by atoms with van der Waals surface area (Å²) in [5.74, 6) is -0.361. The van der Waals surface area contributed by atoms with Crippen LogP contribution in [0.5, 0.6) is 0 Å². The standard InChI is InChI=1S/C7H11NO2/c9-6-7(10)8-4-2-1-3-5-8/h6H,1-5H2. The molecule has 10 heavy (non-hydrogen) atoms. The normalized spacial score (nSPS) is 18.6. The smallest absolute Gasteiger partial charge is 0.286 e. The van der Waals surface area contributed by atoms with Crippen LogP contribution in [0.25, 0.3) is 0 Å². The maximum Gasteiger partial charge on any atom is 0.286 e. The molecule has 1 saturated heterocycles. The van der Waals surface area contributed by atoms with Crippen molar-refractivity contribution in [2.24, 2.45) is 0 Å². The Balaban J connectivity index is 2.38. The molecule has 0 radical (unpaired) electrons. The summed E-state index contributed by atoms with van der Waals surface area (Å²) in [6.07, 6.45) is 3.66. The molecule has 56 valence electrons. The molecule has 0 aromatic heterocycles. The van der Waals surface area contributed by atoms with E-state index in [-0.39, 0.29) is 5.91 Å². The van der Waals surface area contributed by atoms with Crippen LogP contribution in [0.3, 0.4) is 0 Å². The Hall–Kier alpha value is -0.860. The van der Waals surface area contributed by atoms with E-state index in [1.54, 1.807) is 4.90 Å². The van der Waals surface area contributed by atoms with Crippen molar-refractivity contribution in [3.63, 3.8) is 0 Å². The molecule has 3 heteroatoms. The lowest BCUT2D eigenvalue weighted by molar-refractivity contribution is -0.139. The molecule has 0 spiro atoms. The molecule has 0 aromatic rings. The van der Waals surface area contributed by atoms with Gasteiger partial charge >= 0.3 is 0 Å². The van der Waals surface area contributed by atoms with Crippen molar-refractivity contribution in [2.75, 3.05) is 13.1 Å².